The van der Waals surface area contributed by atoms with Crippen molar-refractivity contribution in [3.05, 3.63) is 0 Å². The maximum Gasteiger partial charge on any atom is 0.371 e. The summed E-state index contributed by atoms with van der Waals surface area (Å²) < 4.78 is 9.72. The van der Waals surface area contributed by atoms with E-state index in [0.717, 1.165) is 0 Å². The Hall–Kier alpha value is -1.61. The molecule has 1 aliphatic rings. The Balaban J connectivity index is 2.45. The first kappa shape index (κ1) is 9.48. The first-order valence-electron chi connectivity index (χ1n) is 3.69. The minimum absolute atomic E-state index is 0.329. The molecule has 0 amide bonds. The predicted molar refractivity (Wildman–Crippen MR) is 40.2 cm³/mol. The number of nitrogens with zero attached hydrogens (tertiary/aromatic N) is 2. The lowest BCUT2D eigenvalue weighted by Gasteiger charge is -2.07. The summed E-state index contributed by atoms with van der Waals surface area (Å²) in [4.78, 5) is 11.0. The number of esters is 1. The summed E-state index contributed by atoms with van der Waals surface area (Å²) >= 11 is 0. The van der Waals surface area contributed by atoms with Crippen LogP contribution in [-0.2, 0) is 14.3 Å². The van der Waals surface area contributed by atoms with Crippen molar-refractivity contribution in [2.75, 3.05) is 13.2 Å². The molecule has 0 aromatic heterocycles. The average molecular weight is 184 g/mol. The summed E-state index contributed by atoms with van der Waals surface area (Å²) in [5, 5.41) is 19.0. The maximum atomic E-state index is 11.0. The van der Waals surface area contributed by atoms with Crippen molar-refractivity contribution in [1.82, 2.24) is 0 Å². The number of oxime groups is 1. The highest BCUT2D eigenvalue weighted by atomic mass is 16.6. The minimum atomic E-state index is -0.916. The Morgan fingerprint density at radius 2 is 2.54 bits per heavy atom. The summed E-state index contributed by atoms with van der Waals surface area (Å²) in [6, 6.07) is 1.41. The lowest BCUT2D eigenvalue weighted by molar-refractivity contribution is -0.140. The zero-order valence-electron chi connectivity index (χ0n) is 6.77. The van der Waals surface area contributed by atoms with E-state index >= 15 is 0 Å². The van der Waals surface area contributed by atoms with Crippen LogP contribution < -0.4 is 0 Å². The monoisotopic (exact) mass is 184 g/mol. The van der Waals surface area contributed by atoms with Crippen molar-refractivity contribution in [3.63, 3.8) is 0 Å². The van der Waals surface area contributed by atoms with Gasteiger partial charge in [-0.15, -0.1) is 0 Å². The topological polar surface area (TPSA) is 91.9 Å². The molecule has 6 nitrogen and oxygen atoms in total. The second kappa shape index (κ2) is 4.42. The standard InChI is InChI=1S/C7H8N2O4/c8-3-6(9-11)7(10)13-5-1-2-12-4-5/h5,11H,1-2,4H2. The Kier molecular flexibility index (Phi) is 3.23. The molecular weight excluding hydrogens is 176 g/mol. The number of hydrogen-bond donors (Lipinski definition) is 1. The van der Waals surface area contributed by atoms with Crippen molar-refractivity contribution in [2.24, 2.45) is 5.16 Å². The van der Waals surface area contributed by atoms with Gasteiger partial charge in [0.1, 0.15) is 12.2 Å². The molecule has 1 saturated heterocycles. The number of nitriles is 1. The molecule has 1 rings (SSSR count). The maximum absolute atomic E-state index is 11.0. The van der Waals surface area contributed by atoms with Crippen molar-refractivity contribution in [1.29, 1.82) is 5.26 Å². The van der Waals surface area contributed by atoms with E-state index in [-0.39, 0.29) is 6.10 Å². The normalized spacial score (nSPS) is 22.4. The molecule has 0 saturated carbocycles. The Labute approximate surface area is 74.3 Å². The summed E-state index contributed by atoms with van der Waals surface area (Å²) in [6.07, 6.45) is 0.271. The van der Waals surface area contributed by atoms with E-state index in [9.17, 15) is 4.79 Å². The number of carbonyl (C=O) groups is 1. The molecule has 6 heteroatoms. The first-order chi connectivity index (χ1) is 6.27. The van der Waals surface area contributed by atoms with Gasteiger partial charge < -0.3 is 14.7 Å². The van der Waals surface area contributed by atoms with E-state index in [1.807, 2.05) is 0 Å². The van der Waals surface area contributed by atoms with Gasteiger partial charge in [0, 0.05) is 6.42 Å². The Bertz CT molecular complexity index is 262. The molecule has 1 unspecified atom stereocenters. The SMILES string of the molecule is N#CC(=NO)C(=O)OC1CCOC1. The van der Waals surface area contributed by atoms with Gasteiger partial charge in [0.25, 0.3) is 5.71 Å². The highest BCUT2D eigenvalue weighted by Gasteiger charge is 2.23. The minimum Gasteiger partial charge on any atom is -0.454 e. The first-order valence-corrected chi connectivity index (χ1v) is 3.69. The van der Waals surface area contributed by atoms with E-state index in [1.54, 1.807) is 0 Å². The molecule has 0 aromatic carbocycles. The molecule has 0 radical (unpaired) electrons. The van der Waals surface area contributed by atoms with Crippen LogP contribution in [0.2, 0.25) is 0 Å². The van der Waals surface area contributed by atoms with E-state index in [0.29, 0.717) is 19.6 Å². The molecule has 1 N–H and O–H groups in total. The van der Waals surface area contributed by atoms with Gasteiger partial charge >= 0.3 is 5.97 Å². The molecule has 0 spiro atoms. The Morgan fingerprint density at radius 1 is 1.77 bits per heavy atom. The van der Waals surface area contributed by atoms with Crippen LogP contribution in [0.5, 0.6) is 0 Å². The van der Waals surface area contributed by atoms with Crippen molar-refractivity contribution < 1.29 is 19.5 Å². The number of hydrogen-bond acceptors (Lipinski definition) is 6. The summed E-state index contributed by atoms with van der Waals surface area (Å²) in [5.74, 6) is -0.916. The molecule has 1 atom stereocenters. The van der Waals surface area contributed by atoms with Crippen molar-refractivity contribution in [3.8, 4) is 6.07 Å². The van der Waals surface area contributed by atoms with Crippen LogP contribution in [0.3, 0.4) is 0 Å². The van der Waals surface area contributed by atoms with E-state index < -0.39 is 11.7 Å². The summed E-state index contributed by atoms with van der Waals surface area (Å²) in [7, 11) is 0. The average Bonchev–Trinajstić information content (AvgIpc) is 2.59. The van der Waals surface area contributed by atoms with Gasteiger partial charge in [-0.3, -0.25) is 0 Å². The number of carbonyl (C=O) groups excluding carboxylic acids is 1. The molecule has 0 bridgehead atoms. The molecule has 1 heterocycles. The second-order valence-electron chi connectivity index (χ2n) is 2.45. The van der Waals surface area contributed by atoms with Crippen LogP contribution >= 0.6 is 0 Å². The van der Waals surface area contributed by atoms with Gasteiger partial charge in [0.05, 0.1) is 13.2 Å². The smallest absolute Gasteiger partial charge is 0.371 e. The van der Waals surface area contributed by atoms with Gasteiger partial charge in [-0.2, -0.15) is 5.26 Å². The largest absolute Gasteiger partial charge is 0.454 e. The third kappa shape index (κ3) is 2.42. The lowest BCUT2D eigenvalue weighted by Crippen LogP contribution is -2.23. The summed E-state index contributed by atoms with van der Waals surface area (Å²) in [5.41, 5.74) is -0.646. The molecule has 1 fully saturated rings. The van der Waals surface area contributed by atoms with E-state index in [4.69, 9.17) is 19.9 Å². The molecular formula is C7H8N2O4. The fourth-order valence-electron chi connectivity index (χ4n) is 0.922. The zero-order chi connectivity index (χ0) is 9.68. The highest BCUT2D eigenvalue weighted by Crippen LogP contribution is 2.08. The van der Waals surface area contributed by atoms with Gasteiger partial charge in [0.2, 0.25) is 0 Å². The van der Waals surface area contributed by atoms with Gasteiger partial charge in [0.15, 0.2) is 0 Å². The highest BCUT2D eigenvalue weighted by molar-refractivity contribution is 6.42. The quantitative estimate of drug-likeness (QED) is 0.274. The fraction of sp³-hybridized carbons (Fsp3) is 0.571. The molecule has 0 aliphatic carbocycles. The number of rotatable bonds is 2. The van der Waals surface area contributed by atoms with Crippen LogP contribution in [0.25, 0.3) is 0 Å². The van der Waals surface area contributed by atoms with Crippen LogP contribution in [-0.4, -0.2) is 36.2 Å². The zero-order valence-corrected chi connectivity index (χ0v) is 6.77. The fourth-order valence-corrected chi connectivity index (χ4v) is 0.922. The molecule has 70 valence electrons. The third-order valence-corrected chi connectivity index (χ3v) is 1.56. The van der Waals surface area contributed by atoms with Crippen LogP contribution in [0.15, 0.2) is 5.16 Å². The van der Waals surface area contributed by atoms with Crippen LogP contribution in [0.1, 0.15) is 6.42 Å². The predicted octanol–water partition coefficient (Wildman–Crippen LogP) is -0.328. The van der Waals surface area contributed by atoms with Gasteiger partial charge in [-0.25, -0.2) is 4.79 Å². The van der Waals surface area contributed by atoms with Gasteiger partial charge in [-0.1, -0.05) is 5.16 Å². The lowest BCUT2D eigenvalue weighted by atomic mass is 10.3. The summed E-state index contributed by atoms with van der Waals surface area (Å²) in [6.45, 7) is 0.867. The van der Waals surface area contributed by atoms with E-state index in [2.05, 4.69) is 5.16 Å². The Morgan fingerprint density at radius 3 is 3.00 bits per heavy atom. The molecule has 0 aromatic rings. The number of ether oxygens (including phenoxy) is 2. The van der Waals surface area contributed by atoms with Gasteiger partial charge in [-0.05, 0) is 0 Å². The van der Waals surface area contributed by atoms with Crippen LogP contribution in [0, 0.1) is 11.3 Å². The van der Waals surface area contributed by atoms with Crippen molar-refractivity contribution in [2.45, 2.75) is 12.5 Å². The molecule has 1 aliphatic heterocycles. The third-order valence-electron chi connectivity index (χ3n) is 1.56. The second-order valence-corrected chi connectivity index (χ2v) is 2.45. The van der Waals surface area contributed by atoms with E-state index in [1.165, 1.54) is 6.07 Å². The van der Waals surface area contributed by atoms with Crippen LogP contribution in [0.4, 0.5) is 0 Å². The van der Waals surface area contributed by atoms with Crippen molar-refractivity contribution >= 4 is 11.7 Å². The molecule has 13 heavy (non-hydrogen) atoms.